The number of urea groups is 2. The molecule has 0 saturated carbocycles. The van der Waals surface area contributed by atoms with Gasteiger partial charge in [0.2, 0.25) is 0 Å². The molecule has 16 rings (SSSR count). The summed E-state index contributed by atoms with van der Waals surface area (Å²) in [5.74, 6) is 0.998. The molecule has 4 aromatic carbocycles. The van der Waals surface area contributed by atoms with E-state index in [9.17, 15) is 68.9 Å². The first-order valence-electron chi connectivity index (χ1n) is 42.9. The maximum atomic E-state index is 13.0. The third kappa shape index (κ3) is 25.2. The van der Waals surface area contributed by atoms with E-state index in [2.05, 4.69) is 73.3 Å². The van der Waals surface area contributed by atoms with Crippen molar-refractivity contribution in [3.8, 4) is 5.75 Å². The lowest BCUT2D eigenvalue weighted by atomic mass is 9.73. The van der Waals surface area contributed by atoms with E-state index in [1.165, 1.54) is 79.3 Å². The van der Waals surface area contributed by atoms with E-state index < -0.39 is 63.9 Å². The van der Waals surface area contributed by atoms with Gasteiger partial charge in [-0.1, -0.05) is 0 Å². The summed E-state index contributed by atoms with van der Waals surface area (Å²) >= 11 is 0. The summed E-state index contributed by atoms with van der Waals surface area (Å²) in [6.45, 7) is 28.3. The van der Waals surface area contributed by atoms with E-state index in [0.717, 1.165) is 110 Å². The van der Waals surface area contributed by atoms with Crippen molar-refractivity contribution in [2.75, 3.05) is 167 Å². The summed E-state index contributed by atoms with van der Waals surface area (Å²) in [7, 11) is -9.97. The average molecular weight is 1900 g/mol. The number of anilines is 9. The van der Waals surface area contributed by atoms with Crippen molar-refractivity contribution < 1.29 is 83.4 Å². The van der Waals surface area contributed by atoms with Crippen molar-refractivity contribution in [1.82, 2.24) is 70.4 Å². The number of carbonyl (C=O) groups is 7. The molecule has 3 atom stereocenters. The third-order valence-corrected chi connectivity index (χ3v) is 26.7. The second-order valence-corrected chi connectivity index (χ2v) is 43.1. The number of rotatable bonds is 21. The van der Waals surface area contributed by atoms with Gasteiger partial charge in [-0.3, -0.25) is 24.5 Å². The molecule has 12 heterocycles. The van der Waals surface area contributed by atoms with Crippen molar-refractivity contribution in [2.24, 2.45) is 39.2 Å². The van der Waals surface area contributed by atoms with Gasteiger partial charge in [0.15, 0.2) is 69.9 Å². The highest BCUT2D eigenvalue weighted by Crippen LogP contribution is 2.44. The zero-order valence-corrected chi connectivity index (χ0v) is 77.9. The van der Waals surface area contributed by atoms with Crippen molar-refractivity contribution in [3.63, 3.8) is 0 Å². The highest BCUT2D eigenvalue weighted by Gasteiger charge is 2.57. The maximum absolute atomic E-state index is 13.0. The largest absolute Gasteiger partial charge is 0.474 e. The summed E-state index contributed by atoms with van der Waals surface area (Å²) in [5.41, 5.74) is 23.5. The standard InChI is InChI=1S/C29H40N8O5S.C23H30N8O4S.C17H22N6O3S.C17H21N3O6.H2O/c1-19(42-28(2,3)4)36-15-29(16-36)17-37(18-29)27(39)33-21-7-6-12-35(14-21)23-13-31-24(25(30)38)26(34-23)32-20-8-10-22(11-9-20)43(5,40)41;1-36(34,35)17-6-4-15(5-7-17)27-21-19(20(24)32)26-9-18(29-21)30-8-2-3-16(10-30)28-22(33)31-13-23(14-31)11-25-12-23;1-27(25,26)13-6-4-12(5-7-13)21-17-15(16(19)24)20-9-14(22-17)23-8-2-3-11(18)10-23;1-16(2,3)26-15(22)19-10-17(11-19)8-18(9-17)14(21)25-13-6-4-12(5-7-13)20(23)24;/h8-11,13,21H,1,6-7,12,14-18H2,2-5H3,(H2,30,38)(H,32,34)(H,33,39);4-7,9,16,25H,2-3,8,10-14H2,1H3,(H2,24,32)(H,27,29)(H,28,33);4-7,9,11H,2-3,8,10,18H2,1H3,(H2,19,24)(H,21,22);4-7H,8-11H2,1-3H3;1H2. The Hall–Kier alpha value is -13.1. The van der Waals surface area contributed by atoms with Crippen LogP contribution in [0, 0.1) is 26.4 Å². The van der Waals surface area contributed by atoms with E-state index >= 15 is 0 Å². The first kappa shape index (κ1) is 98.9. The number of likely N-dealkylation sites (tertiary alicyclic amines) is 5. The summed E-state index contributed by atoms with van der Waals surface area (Å²) in [6.07, 6.45) is 12.4. The zero-order valence-electron chi connectivity index (χ0n) is 75.5. The Balaban J connectivity index is 0.000000163. The summed E-state index contributed by atoms with van der Waals surface area (Å²) in [4.78, 5) is 138. The van der Waals surface area contributed by atoms with Crippen molar-refractivity contribution in [2.45, 2.75) is 124 Å². The Morgan fingerprint density at radius 2 is 0.805 bits per heavy atom. The number of hydrogen-bond acceptors (Lipinski definition) is 33. The Labute approximate surface area is 770 Å². The number of aromatic nitrogens is 6. The van der Waals surface area contributed by atoms with Crippen LogP contribution in [-0.2, 0) is 39.0 Å². The second-order valence-electron chi connectivity index (χ2n) is 37.0. The quantitative estimate of drug-likeness (QED) is 0.0255. The Bertz CT molecular complexity index is 5860. The molecule has 0 radical (unpaired) electrons. The number of primary amides is 3. The summed E-state index contributed by atoms with van der Waals surface area (Å²) < 4.78 is 86.6. The average Bonchev–Trinajstić information content (AvgIpc) is 0.730. The lowest BCUT2D eigenvalue weighted by molar-refractivity contribution is -0.384. The number of nitro groups is 1. The molecule has 16 N–H and O–H groups in total. The fourth-order valence-electron chi connectivity index (χ4n) is 16.7. The number of sulfone groups is 3. The molecule has 7 aromatic rings. The lowest BCUT2D eigenvalue weighted by Crippen LogP contribution is -2.74. The highest BCUT2D eigenvalue weighted by molar-refractivity contribution is 7.91. The van der Waals surface area contributed by atoms with Crippen molar-refractivity contribution >= 4 is 129 Å². The predicted molar refractivity (Wildman–Crippen MR) is 494 cm³/mol. The van der Waals surface area contributed by atoms with Crippen LogP contribution in [0.25, 0.3) is 0 Å². The molecule has 47 heteroatoms. The van der Waals surface area contributed by atoms with Crippen LogP contribution in [-0.4, -0.2) is 298 Å². The van der Waals surface area contributed by atoms with Crippen molar-refractivity contribution in [3.05, 3.63) is 155 Å². The predicted octanol–water partition coefficient (Wildman–Crippen LogP) is 5.08. The Morgan fingerprint density at radius 1 is 0.474 bits per heavy atom. The number of benzene rings is 4. The SMILES string of the molecule is C=C(OC(C)(C)C)N1CC2(C1)CN(C(=O)NC1CCCN(c3cnc(C(N)=O)c(Nc4ccc(S(C)(=O)=O)cc4)n3)C1)C2.CC(C)(C)OC(=O)N1CC2(CN(C(=O)Oc3ccc([N+](=O)[O-])cc3)C2)C1.CS(=O)(=O)c1ccc(Nc2nc(N3CCCC(N)C3)cnc2C(N)=O)cc1.CS(=O)(=O)c1ccc(Nc2nc(N3CCCC(NC(=O)N4CC5(CNC5)C4)C3)cnc2C(N)=O)cc1.O. The minimum atomic E-state index is -3.35. The molecule has 0 bridgehead atoms. The van der Waals surface area contributed by atoms with Crippen LogP contribution in [0.2, 0.25) is 0 Å². The minimum Gasteiger partial charge on any atom is -0.474 e. The molecule has 9 amide bonds. The molecule has 0 aliphatic carbocycles. The molecule has 133 heavy (non-hydrogen) atoms. The Morgan fingerprint density at radius 3 is 1.13 bits per heavy atom. The smallest absolute Gasteiger partial charge is 0.415 e. The number of nitrogens with one attached hydrogen (secondary N) is 6. The number of non-ortho nitro benzene ring substituents is 1. The molecular formula is C86H115N25O19S3. The molecule has 9 aliphatic rings. The summed E-state index contributed by atoms with van der Waals surface area (Å²) in [5, 5.41) is 29.3. The Kier molecular flexibility index (Phi) is 29.6. The molecule has 44 nitrogen and oxygen atoms in total. The monoisotopic (exact) mass is 1900 g/mol. The molecule has 9 aliphatic heterocycles. The topological polar surface area (TPSA) is 604 Å². The number of amides is 9. The number of nitro benzene ring substituents is 1. The minimum absolute atomic E-state index is 0. The fourth-order valence-corrected chi connectivity index (χ4v) is 18.6. The van der Waals surface area contributed by atoms with Crippen LogP contribution in [0.3, 0.4) is 0 Å². The number of ether oxygens (including phenoxy) is 3. The van der Waals surface area contributed by atoms with Crippen LogP contribution in [0.15, 0.2) is 143 Å². The molecule has 9 saturated heterocycles. The van der Waals surface area contributed by atoms with Gasteiger partial charge in [-0.15, -0.1) is 0 Å². The molecular weight excluding hydrogens is 1780 g/mol. The van der Waals surface area contributed by atoms with E-state index in [-0.39, 0.29) is 124 Å². The second kappa shape index (κ2) is 39.7. The first-order chi connectivity index (χ1) is 62.0. The van der Waals surface area contributed by atoms with Gasteiger partial charge in [-0.05, 0) is 172 Å². The van der Waals surface area contributed by atoms with Crippen LogP contribution in [0.4, 0.5) is 76.8 Å². The van der Waals surface area contributed by atoms with Crippen LogP contribution in [0.1, 0.15) is 112 Å². The summed E-state index contributed by atoms with van der Waals surface area (Å²) in [6, 6.07) is 23.5. The third-order valence-electron chi connectivity index (χ3n) is 23.3. The number of carbonyl (C=O) groups excluding carboxylic acids is 7. The van der Waals surface area contributed by atoms with Crippen LogP contribution >= 0.6 is 0 Å². The van der Waals surface area contributed by atoms with Gasteiger partial charge >= 0.3 is 24.2 Å². The van der Waals surface area contributed by atoms with Crippen LogP contribution < -0.4 is 74.3 Å². The molecule has 3 aromatic heterocycles. The molecule has 9 fully saturated rings. The van der Waals surface area contributed by atoms with Gasteiger partial charge in [0.25, 0.3) is 23.4 Å². The van der Waals surface area contributed by atoms with Gasteiger partial charge < -0.3 is 114 Å². The number of piperidine rings is 3. The molecule has 716 valence electrons. The van der Waals surface area contributed by atoms with Gasteiger partial charge in [-0.2, -0.15) is 0 Å². The fraction of sp³-hybridized carbons (Fsp3) is 0.477. The van der Waals surface area contributed by atoms with Crippen LogP contribution in [0.5, 0.6) is 5.75 Å². The van der Waals surface area contributed by atoms with E-state index in [4.69, 9.17) is 37.1 Å². The molecule has 3 spiro atoms. The van der Waals surface area contributed by atoms with Crippen molar-refractivity contribution in [1.29, 1.82) is 0 Å². The number of hydrogen-bond donors (Lipinski definition) is 10. The van der Waals surface area contributed by atoms with Gasteiger partial charge in [0, 0.05) is 200 Å². The van der Waals surface area contributed by atoms with Gasteiger partial charge in [0.05, 0.1) is 38.2 Å². The van der Waals surface area contributed by atoms with E-state index in [1.54, 1.807) is 46.2 Å². The van der Waals surface area contributed by atoms with E-state index in [0.29, 0.717) is 106 Å². The number of nitrogens with zero attached hydrogens (tertiary/aromatic N) is 15. The first-order valence-corrected chi connectivity index (χ1v) is 48.6. The number of nitrogens with two attached hydrogens (primary N) is 4. The maximum Gasteiger partial charge on any atom is 0.415 e. The zero-order chi connectivity index (χ0) is 95.4. The highest BCUT2D eigenvalue weighted by atomic mass is 32.2. The normalized spacial score (nSPS) is 19.1. The lowest BCUT2D eigenvalue weighted by Gasteiger charge is -2.60. The van der Waals surface area contributed by atoms with Gasteiger partial charge in [-0.25, -0.2) is 74.3 Å². The molecule has 3 unspecified atom stereocenters. The van der Waals surface area contributed by atoms with Gasteiger partial charge in [0.1, 0.15) is 34.4 Å². The van der Waals surface area contributed by atoms with E-state index in [1.807, 2.05) is 66.0 Å².